The predicted molar refractivity (Wildman–Crippen MR) is 73.9 cm³/mol. The van der Waals surface area contributed by atoms with E-state index in [9.17, 15) is 0 Å². The first-order chi connectivity index (χ1) is 7.76. The fourth-order valence-corrected chi connectivity index (χ4v) is 3.02. The van der Waals surface area contributed by atoms with Crippen LogP contribution in [0.3, 0.4) is 0 Å². The topological polar surface area (TPSA) is 26.0 Å². The third kappa shape index (κ3) is 3.84. The maximum atomic E-state index is 5.90. The Hall–Kier alpha value is -0.470. The molecule has 2 N–H and O–H groups in total. The lowest BCUT2D eigenvalue weighted by molar-refractivity contribution is 0.265. The quantitative estimate of drug-likeness (QED) is 0.727. The molecule has 0 radical (unpaired) electrons. The monoisotopic (exact) mass is 237 g/mol. The molecule has 0 bridgehead atoms. The molecule has 1 rings (SSSR count). The second kappa shape index (κ2) is 6.97. The standard InChI is InChI=1S/C14H23NS/c1-3-14(4-2,12-15)10-11-16-13-8-6-5-7-9-13/h5-9H,3-4,10-12,15H2,1-2H3. The number of benzene rings is 1. The Morgan fingerprint density at radius 2 is 1.75 bits per heavy atom. The summed E-state index contributed by atoms with van der Waals surface area (Å²) in [4.78, 5) is 1.36. The zero-order chi connectivity index (χ0) is 11.9. The van der Waals surface area contributed by atoms with Crippen LogP contribution in [0, 0.1) is 5.41 Å². The maximum Gasteiger partial charge on any atom is 0.00719 e. The molecule has 0 aliphatic rings. The minimum Gasteiger partial charge on any atom is -0.330 e. The van der Waals surface area contributed by atoms with Crippen LogP contribution in [0.15, 0.2) is 35.2 Å². The van der Waals surface area contributed by atoms with Gasteiger partial charge in [0.15, 0.2) is 0 Å². The van der Waals surface area contributed by atoms with Gasteiger partial charge in [0.1, 0.15) is 0 Å². The van der Waals surface area contributed by atoms with Gasteiger partial charge in [-0.05, 0) is 49.1 Å². The molecule has 1 nitrogen and oxygen atoms in total. The summed E-state index contributed by atoms with van der Waals surface area (Å²) in [5.74, 6) is 1.17. The number of hydrogen-bond acceptors (Lipinski definition) is 2. The lowest BCUT2D eigenvalue weighted by Gasteiger charge is -2.29. The van der Waals surface area contributed by atoms with Crippen molar-refractivity contribution in [1.29, 1.82) is 0 Å². The molecule has 90 valence electrons. The van der Waals surface area contributed by atoms with Crippen LogP contribution in [0.5, 0.6) is 0 Å². The van der Waals surface area contributed by atoms with E-state index in [1.807, 2.05) is 11.8 Å². The van der Waals surface area contributed by atoms with Crippen molar-refractivity contribution in [3.05, 3.63) is 30.3 Å². The number of rotatable bonds is 7. The highest BCUT2D eigenvalue weighted by Gasteiger charge is 2.23. The van der Waals surface area contributed by atoms with E-state index in [-0.39, 0.29) is 0 Å². The van der Waals surface area contributed by atoms with Crippen LogP contribution in [0.25, 0.3) is 0 Å². The van der Waals surface area contributed by atoms with Gasteiger partial charge in [-0.1, -0.05) is 32.0 Å². The van der Waals surface area contributed by atoms with Crippen molar-refractivity contribution in [2.75, 3.05) is 12.3 Å². The van der Waals surface area contributed by atoms with Crippen LogP contribution in [-0.4, -0.2) is 12.3 Å². The van der Waals surface area contributed by atoms with Gasteiger partial charge in [0, 0.05) is 4.90 Å². The molecule has 0 aliphatic carbocycles. The highest BCUT2D eigenvalue weighted by molar-refractivity contribution is 7.99. The average Bonchev–Trinajstić information content (AvgIpc) is 2.37. The van der Waals surface area contributed by atoms with Gasteiger partial charge >= 0.3 is 0 Å². The lowest BCUT2D eigenvalue weighted by Crippen LogP contribution is -2.29. The van der Waals surface area contributed by atoms with E-state index in [0.29, 0.717) is 5.41 Å². The summed E-state index contributed by atoms with van der Waals surface area (Å²) in [6, 6.07) is 10.6. The SMILES string of the molecule is CCC(CC)(CN)CCSc1ccccc1. The molecule has 0 heterocycles. The highest BCUT2D eigenvalue weighted by Crippen LogP contribution is 2.32. The van der Waals surface area contributed by atoms with Crippen molar-refractivity contribution >= 4 is 11.8 Å². The van der Waals surface area contributed by atoms with Crippen molar-refractivity contribution in [3.8, 4) is 0 Å². The molecule has 1 aromatic rings. The van der Waals surface area contributed by atoms with Crippen LogP contribution in [0.4, 0.5) is 0 Å². The van der Waals surface area contributed by atoms with Crippen LogP contribution in [0.2, 0.25) is 0 Å². The van der Waals surface area contributed by atoms with Crippen LogP contribution >= 0.6 is 11.8 Å². The molecule has 1 aromatic carbocycles. The highest BCUT2D eigenvalue weighted by atomic mass is 32.2. The Balaban J connectivity index is 2.39. The van der Waals surface area contributed by atoms with Gasteiger partial charge in [0.2, 0.25) is 0 Å². The number of nitrogens with two attached hydrogens (primary N) is 1. The molecule has 0 spiro atoms. The minimum atomic E-state index is 0.363. The minimum absolute atomic E-state index is 0.363. The van der Waals surface area contributed by atoms with Crippen LogP contribution in [-0.2, 0) is 0 Å². The van der Waals surface area contributed by atoms with Gasteiger partial charge in [-0.25, -0.2) is 0 Å². The maximum absolute atomic E-state index is 5.90. The largest absolute Gasteiger partial charge is 0.330 e. The molecule has 0 aromatic heterocycles. The Morgan fingerprint density at radius 1 is 1.12 bits per heavy atom. The summed E-state index contributed by atoms with van der Waals surface area (Å²) in [5.41, 5.74) is 6.26. The summed E-state index contributed by atoms with van der Waals surface area (Å²) < 4.78 is 0. The van der Waals surface area contributed by atoms with Crippen molar-refractivity contribution < 1.29 is 0 Å². The van der Waals surface area contributed by atoms with Crippen LogP contribution in [0.1, 0.15) is 33.1 Å². The second-order valence-corrected chi connectivity index (χ2v) is 5.49. The van der Waals surface area contributed by atoms with E-state index in [1.165, 1.54) is 29.9 Å². The Labute approximate surface area is 104 Å². The van der Waals surface area contributed by atoms with E-state index in [4.69, 9.17) is 5.73 Å². The zero-order valence-corrected chi connectivity index (χ0v) is 11.2. The molecule has 16 heavy (non-hydrogen) atoms. The molecule has 0 atom stereocenters. The Morgan fingerprint density at radius 3 is 2.25 bits per heavy atom. The van der Waals surface area contributed by atoms with Gasteiger partial charge in [-0.2, -0.15) is 0 Å². The first-order valence-electron chi connectivity index (χ1n) is 6.14. The van der Waals surface area contributed by atoms with E-state index in [2.05, 4.69) is 44.2 Å². The normalized spacial score (nSPS) is 11.7. The van der Waals surface area contributed by atoms with Gasteiger partial charge in [-0.3, -0.25) is 0 Å². The first kappa shape index (κ1) is 13.6. The molecule has 0 saturated carbocycles. The van der Waals surface area contributed by atoms with Crippen molar-refractivity contribution in [2.24, 2.45) is 11.1 Å². The third-order valence-electron chi connectivity index (χ3n) is 3.58. The Bertz CT molecular complexity index is 272. The van der Waals surface area contributed by atoms with E-state index in [1.54, 1.807) is 0 Å². The Kier molecular flexibility index (Phi) is 5.93. The summed E-state index contributed by atoms with van der Waals surface area (Å²) in [6.45, 7) is 5.32. The van der Waals surface area contributed by atoms with Gasteiger partial charge in [0.05, 0.1) is 0 Å². The summed E-state index contributed by atoms with van der Waals surface area (Å²) >= 11 is 1.94. The van der Waals surface area contributed by atoms with E-state index < -0.39 is 0 Å². The van der Waals surface area contributed by atoms with Crippen molar-refractivity contribution in [2.45, 2.75) is 38.0 Å². The molecule has 2 heteroatoms. The van der Waals surface area contributed by atoms with E-state index >= 15 is 0 Å². The van der Waals surface area contributed by atoms with Gasteiger partial charge in [0.25, 0.3) is 0 Å². The molecular formula is C14H23NS. The number of thioether (sulfide) groups is 1. The summed E-state index contributed by atoms with van der Waals surface area (Å²) in [7, 11) is 0. The van der Waals surface area contributed by atoms with Crippen molar-refractivity contribution in [1.82, 2.24) is 0 Å². The third-order valence-corrected chi connectivity index (χ3v) is 4.59. The number of hydrogen-bond donors (Lipinski definition) is 1. The van der Waals surface area contributed by atoms with Gasteiger partial charge < -0.3 is 5.73 Å². The second-order valence-electron chi connectivity index (χ2n) is 4.32. The molecule has 0 unspecified atom stereocenters. The summed E-state index contributed by atoms with van der Waals surface area (Å²) in [6.07, 6.45) is 3.60. The lowest BCUT2D eigenvalue weighted by atomic mass is 9.80. The molecule has 0 fully saturated rings. The molecule has 0 amide bonds. The molecule has 0 aliphatic heterocycles. The first-order valence-corrected chi connectivity index (χ1v) is 7.13. The smallest absolute Gasteiger partial charge is 0.00719 e. The zero-order valence-electron chi connectivity index (χ0n) is 10.4. The van der Waals surface area contributed by atoms with Gasteiger partial charge in [-0.15, -0.1) is 11.8 Å². The summed E-state index contributed by atoms with van der Waals surface area (Å²) in [5, 5.41) is 0. The average molecular weight is 237 g/mol. The van der Waals surface area contributed by atoms with E-state index in [0.717, 1.165) is 6.54 Å². The van der Waals surface area contributed by atoms with Crippen LogP contribution < -0.4 is 5.73 Å². The van der Waals surface area contributed by atoms with Crippen molar-refractivity contribution in [3.63, 3.8) is 0 Å². The molecule has 0 saturated heterocycles. The fraction of sp³-hybridized carbons (Fsp3) is 0.571. The fourth-order valence-electron chi connectivity index (χ4n) is 1.90. The predicted octanol–water partition coefficient (Wildman–Crippen LogP) is 3.93. The molecular weight excluding hydrogens is 214 g/mol.